The van der Waals surface area contributed by atoms with Crippen molar-refractivity contribution >= 4 is 24.2 Å². The van der Waals surface area contributed by atoms with E-state index < -0.39 is 7.12 Å². The molecule has 0 aliphatic carbocycles. The van der Waals surface area contributed by atoms with Crippen molar-refractivity contribution in [3.05, 3.63) is 59.2 Å². The van der Waals surface area contributed by atoms with E-state index in [1.165, 1.54) is 0 Å². The molecule has 1 heterocycles. The van der Waals surface area contributed by atoms with E-state index in [0.717, 1.165) is 11.1 Å². The third kappa shape index (κ3) is 2.70. The first kappa shape index (κ1) is 13.9. The SMILES string of the molecule is Cc1ccc(C(=O)Nc2ccc3c(c2)B(O)OC3C)cc1. The molecule has 0 fully saturated rings. The zero-order valence-corrected chi connectivity index (χ0v) is 12.0. The number of benzene rings is 2. The second kappa shape index (κ2) is 5.35. The first-order valence-electron chi connectivity index (χ1n) is 6.90. The van der Waals surface area contributed by atoms with Crippen LogP contribution in [0, 0.1) is 6.92 Å². The van der Waals surface area contributed by atoms with E-state index in [0.29, 0.717) is 16.7 Å². The first-order chi connectivity index (χ1) is 10.0. The minimum Gasteiger partial charge on any atom is -0.423 e. The summed E-state index contributed by atoms with van der Waals surface area (Å²) in [5.74, 6) is -0.170. The average Bonchev–Trinajstić information content (AvgIpc) is 2.74. The topological polar surface area (TPSA) is 58.6 Å². The number of carbonyl (C=O) groups is 1. The number of fused-ring (bicyclic) bond motifs is 1. The second-order valence-corrected chi connectivity index (χ2v) is 5.29. The number of carbonyl (C=O) groups excluding carboxylic acids is 1. The lowest BCUT2D eigenvalue weighted by atomic mass is 9.79. The Morgan fingerprint density at radius 1 is 1.24 bits per heavy atom. The third-order valence-corrected chi connectivity index (χ3v) is 3.70. The summed E-state index contributed by atoms with van der Waals surface area (Å²) >= 11 is 0. The molecule has 0 radical (unpaired) electrons. The molecule has 106 valence electrons. The lowest BCUT2D eigenvalue weighted by molar-refractivity contribution is 0.102. The fourth-order valence-corrected chi connectivity index (χ4v) is 2.48. The molecule has 0 saturated carbocycles. The maximum atomic E-state index is 12.2. The number of anilines is 1. The highest BCUT2D eigenvalue weighted by Crippen LogP contribution is 2.24. The van der Waals surface area contributed by atoms with E-state index >= 15 is 0 Å². The molecule has 2 aromatic rings. The standard InChI is InChI=1S/C16H16BNO3/c1-10-3-5-12(6-4-10)16(19)18-13-7-8-14-11(2)21-17(20)15(14)9-13/h3-9,11,20H,1-2H3,(H,18,19). The molecule has 21 heavy (non-hydrogen) atoms. The van der Waals surface area contributed by atoms with Crippen molar-refractivity contribution in [3.63, 3.8) is 0 Å². The maximum absolute atomic E-state index is 12.2. The van der Waals surface area contributed by atoms with Crippen molar-refractivity contribution in [1.29, 1.82) is 0 Å². The van der Waals surface area contributed by atoms with Crippen LogP contribution in [0.2, 0.25) is 0 Å². The molecule has 4 nitrogen and oxygen atoms in total. The van der Waals surface area contributed by atoms with Gasteiger partial charge in [0.2, 0.25) is 0 Å². The van der Waals surface area contributed by atoms with Crippen LogP contribution >= 0.6 is 0 Å². The van der Waals surface area contributed by atoms with E-state index in [1.807, 2.05) is 38.1 Å². The Labute approximate surface area is 123 Å². The van der Waals surface area contributed by atoms with Gasteiger partial charge in [-0.3, -0.25) is 4.79 Å². The van der Waals surface area contributed by atoms with Crippen LogP contribution in [0.25, 0.3) is 0 Å². The minimum absolute atomic E-state index is 0.128. The molecule has 1 aliphatic rings. The predicted octanol–water partition coefficient (Wildman–Crippen LogP) is 2.03. The fraction of sp³-hybridized carbons (Fsp3) is 0.188. The Bertz CT molecular complexity index is 684. The van der Waals surface area contributed by atoms with Gasteiger partial charge in [0.25, 0.3) is 5.91 Å². The van der Waals surface area contributed by atoms with Gasteiger partial charge in [0, 0.05) is 11.3 Å². The molecule has 1 amide bonds. The monoisotopic (exact) mass is 281 g/mol. The van der Waals surface area contributed by atoms with Gasteiger partial charge < -0.3 is 15.0 Å². The van der Waals surface area contributed by atoms with Crippen molar-refractivity contribution in [1.82, 2.24) is 0 Å². The Morgan fingerprint density at radius 2 is 1.95 bits per heavy atom. The Morgan fingerprint density at radius 3 is 2.67 bits per heavy atom. The van der Waals surface area contributed by atoms with Crippen LogP contribution in [0.3, 0.4) is 0 Å². The molecule has 2 aromatic carbocycles. The van der Waals surface area contributed by atoms with E-state index in [1.54, 1.807) is 18.2 Å². The van der Waals surface area contributed by atoms with E-state index in [-0.39, 0.29) is 12.0 Å². The normalized spacial score (nSPS) is 16.7. The van der Waals surface area contributed by atoms with Crippen molar-refractivity contribution in [2.75, 3.05) is 5.32 Å². The Hall–Kier alpha value is -2.11. The summed E-state index contributed by atoms with van der Waals surface area (Å²) < 4.78 is 5.33. The quantitative estimate of drug-likeness (QED) is 0.828. The van der Waals surface area contributed by atoms with Crippen molar-refractivity contribution in [2.45, 2.75) is 20.0 Å². The van der Waals surface area contributed by atoms with Gasteiger partial charge in [-0.15, -0.1) is 0 Å². The number of amides is 1. The van der Waals surface area contributed by atoms with Crippen molar-refractivity contribution in [2.24, 2.45) is 0 Å². The largest absolute Gasteiger partial charge is 0.492 e. The van der Waals surface area contributed by atoms with Gasteiger partial charge in [-0.05, 0) is 49.1 Å². The Kier molecular flexibility index (Phi) is 3.53. The molecule has 0 bridgehead atoms. The zero-order chi connectivity index (χ0) is 15.0. The van der Waals surface area contributed by atoms with E-state index in [9.17, 15) is 9.82 Å². The first-order valence-corrected chi connectivity index (χ1v) is 6.90. The predicted molar refractivity (Wildman–Crippen MR) is 82.7 cm³/mol. The van der Waals surface area contributed by atoms with Crippen molar-refractivity contribution in [3.8, 4) is 0 Å². The zero-order valence-electron chi connectivity index (χ0n) is 12.0. The van der Waals surface area contributed by atoms with Gasteiger partial charge in [-0.25, -0.2) is 0 Å². The fourth-order valence-electron chi connectivity index (χ4n) is 2.48. The number of rotatable bonds is 2. The summed E-state index contributed by atoms with van der Waals surface area (Å²) in [6, 6.07) is 12.8. The summed E-state index contributed by atoms with van der Waals surface area (Å²) in [5.41, 5.74) is 4.03. The van der Waals surface area contributed by atoms with Crippen LogP contribution in [0.1, 0.15) is 34.5 Å². The van der Waals surface area contributed by atoms with Gasteiger partial charge in [-0.1, -0.05) is 23.8 Å². The average molecular weight is 281 g/mol. The Balaban J connectivity index is 1.81. The lowest BCUT2D eigenvalue weighted by Crippen LogP contribution is -2.28. The van der Waals surface area contributed by atoms with Gasteiger partial charge in [-0.2, -0.15) is 0 Å². The van der Waals surface area contributed by atoms with Crippen LogP contribution in [-0.4, -0.2) is 18.0 Å². The van der Waals surface area contributed by atoms with Gasteiger partial charge in [0.05, 0.1) is 6.10 Å². The maximum Gasteiger partial charge on any atom is 0.492 e. The summed E-state index contributed by atoms with van der Waals surface area (Å²) in [4.78, 5) is 12.2. The molecular formula is C16H16BNO3. The van der Waals surface area contributed by atoms with Crippen LogP contribution in [0.15, 0.2) is 42.5 Å². The molecule has 1 atom stereocenters. The molecule has 5 heteroatoms. The summed E-state index contributed by atoms with van der Waals surface area (Å²) in [5, 5.41) is 12.7. The van der Waals surface area contributed by atoms with Gasteiger partial charge in [0.15, 0.2) is 0 Å². The molecule has 0 aromatic heterocycles. The van der Waals surface area contributed by atoms with Crippen LogP contribution in [0.5, 0.6) is 0 Å². The highest BCUT2D eigenvalue weighted by atomic mass is 16.5. The number of aryl methyl sites for hydroxylation is 1. The molecular weight excluding hydrogens is 265 g/mol. The van der Waals surface area contributed by atoms with Crippen LogP contribution in [-0.2, 0) is 4.65 Å². The van der Waals surface area contributed by atoms with E-state index in [4.69, 9.17) is 4.65 Å². The molecule has 0 spiro atoms. The number of hydrogen-bond acceptors (Lipinski definition) is 3. The van der Waals surface area contributed by atoms with E-state index in [2.05, 4.69) is 5.32 Å². The highest BCUT2D eigenvalue weighted by molar-refractivity contribution is 6.61. The molecule has 1 aliphatic heterocycles. The molecule has 2 N–H and O–H groups in total. The number of nitrogens with one attached hydrogen (secondary N) is 1. The number of hydrogen-bond donors (Lipinski definition) is 2. The summed E-state index contributed by atoms with van der Waals surface area (Å²) in [6.07, 6.45) is -0.128. The van der Waals surface area contributed by atoms with Crippen LogP contribution in [0.4, 0.5) is 5.69 Å². The lowest BCUT2D eigenvalue weighted by Gasteiger charge is -2.08. The molecule has 0 saturated heterocycles. The summed E-state index contributed by atoms with van der Waals surface area (Å²) in [7, 11) is -0.925. The third-order valence-electron chi connectivity index (χ3n) is 3.70. The van der Waals surface area contributed by atoms with Gasteiger partial charge >= 0.3 is 7.12 Å². The summed E-state index contributed by atoms with van der Waals surface area (Å²) in [6.45, 7) is 3.87. The van der Waals surface area contributed by atoms with Gasteiger partial charge in [0.1, 0.15) is 0 Å². The molecule has 3 rings (SSSR count). The second-order valence-electron chi connectivity index (χ2n) is 5.29. The smallest absolute Gasteiger partial charge is 0.423 e. The highest BCUT2D eigenvalue weighted by Gasteiger charge is 2.32. The minimum atomic E-state index is -0.925. The molecule has 1 unspecified atom stereocenters. The van der Waals surface area contributed by atoms with Crippen LogP contribution < -0.4 is 10.8 Å². The van der Waals surface area contributed by atoms with Crippen molar-refractivity contribution < 1.29 is 14.5 Å².